The van der Waals surface area contributed by atoms with Gasteiger partial charge in [0, 0.05) is 24.0 Å². The lowest BCUT2D eigenvalue weighted by atomic mass is 9.95. The van der Waals surface area contributed by atoms with Crippen molar-refractivity contribution >= 4 is 34.4 Å². The van der Waals surface area contributed by atoms with Crippen LogP contribution >= 0.6 is 0 Å². The van der Waals surface area contributed by atoms with Gasteiger partial charge in [-0.05, 0) is 37.3 Å². The Labute approximate surface area is 204 Å². The van der Waals surface area contributed by atoms with E-state index in [1.165, 1.54) is 0 Å². The Hall–Kier alpha value is -3.48. The van der Waals surface area contributed by atoms with Crippen LogP contribution < -0.4 is 16.0 Å². The highest BCUT2D eigenvalue weighted by molar-refractivity contribution is 6.00. The summed E-state index contributed by atoms with van der Waals surface area (Å²) < 4.78 is 41.1. The molecular weight excluding hydrogens is 483 g/mol. The molecule has 4 N–H and O–H groups in total. The van der Waals surface area contributed by atoms with Crippen molar-refractivity contribution in [3.05, 3.63) is 30.2 Å². The van der Waals surface area contributed by atoms with E-state index in [0.29, 0.717) is 18.5 Å². The van der Waals surface area contributed by atoms with Crippen molar-refractivity contribution in [3.8, 4) is 0 Å². The maximum absolute atomic E-state index is 13.1. The summed E-state index contributed by atoms with van der Waals surface area (Å²) in [5.41, 5.74) is 0.811. The van der Waals surface area contributed by atoms with Crippen molar-refractivity contribution in [3.63, 3.8) is 0 Å². The van der Waals surface area contributed by atoms with E-state index in [2.05, 4.69) is 30.7 Å². The zero-order chi connectivity index (χ0) is 26.5. The number of Topliss-reactive ketones (excluding diaryl/α,β-unsaturated/α-hetero) is 1. The van der Waals surface area contributed by atoms with E-state index in [1.807, 2.05) is 13.8 Å². The highest BCUT2D eigenvalue weighted by Crippen LogP contribution is 2.20. The predicted octanol–water partition coefficient (Wildman–Crippen LogP) is 1.82. The molecule has 1 aliphatic rings. The smallest absolute Gasteiger partial charge is 0.356 e. The van der Waals surface area contributed by atoms with Crippen molar-refractivity contribution in [2.45, 2.75) is 51.6 Å². The molecule has 0 unspecified atom stereocenters. The maximum Gasteiger partial charge on any atom is 0.522 e. The number of alkyl halides is 3. The van der Waals surface area contributed by atoms with Gasteiger partial charge in [-0.2, -0.15) is 0 Å². The summed E-state index contributed by atoms with van der Waals surface area (Å²) in [6, 6.07) is 0.813. The van der Waals surface area contributed by atoms with Crippen molar-refractivity contribution in [1.82, 2.24) is 25.9 Å². The molecule has 0 spiro atoms. The summed E-state index contributed by atoms with van der Waals surface area (Å²) in [6.07, 6.45) is -1.53. The second-order valence-electron chi connectivity index (χ2n) is 9.08. The van der Waals surface area contributed by atoms with Gasteiger partial charge in [0.15, 0.2) is 5.78 Å². The molecule has 0 radical (unpaired) electrons. The van der Waals surface area contributed by atoms with Crippen molar-refractivity contribution in [2.75, 3.05) is 13.2 Å². The van der Waals surface area contributed by atoms with Crippen LogP contribution in [0.25, 0.3) is 10.9 Å². The molecule has 13 heteroatoms. The molecule has 0 bridgehead atoms. The van der Waals surface area contributed by atoms with Crippen LogP contribution in [0.5, 0.6) is 0 Å². The highest BCUT2D eigenvalue weighted by atomic mass is 19.4. The molecule has 0 saturated carbocycles. The van der Waals surface area contributed by atoms with Crippen LogP contribution in [-0.2, 0) is 19.1 Å². The van der Waals surface area contributed by atoms with E-state index in [1.54, 1.807) is 24.5 Å². The molecule has 10 nitrogen and oxygen atoms in total. The van der Waals surface area contributed by atoms with Gasteiger partial charge < -0.3 is 20.9 Å². The molecule has 1 fully saturated rings. The van der Waals surface area contributed by atoms with Crippen LogP contribution in [0, 0.1) is 11.8 Å². The van der Waals surface area contributed by atoms with Gasteiger partial charge in [-0.3, -0.25) is 28.9 Å². The molecule has 2 aromatic heterocycles. The molecule has 36 heavy (non-hydrogen) atoms. The molecule has 1 saturated heterocycles. The Bertz CT molecular complexity index is 1080. The number of carbonyl (C=O) groups excluding carboxylic acids is 4. The fourth-order valence-corrected chi connectivity index (χ4v) is 3.98. The first-order chi connectivity index (χ1) is 16.9. The third-order valence-corrected chi connectivity index (χ3v) is 5.76. The number of hydrogen-bond donors (Lipinski definition) is 4. The van der Waals surface area contributed by atoms with E-state index in [4.69, 9.17) is 0 Å². The molecule has 3 heterocycles. The minimum absolute atomic E-state index is 0.0451. The number of nitrogens with one attached hydrogen (secondary N) is 4. The summed E-state index contributed by atoms with van der Waals surface area (Å²) in [7, 11) is 0. The largest absolute Gasteiger partial charge is 0.522 e. The first-order valence-corrected chi connectivity index (χ1v) is 11.5. The lowest BCUT2D eigenvalue weighted by Gasteiger charge is -2.25. The number of aromatic nitrogens is 2. The molecule has 1 aliphatic heterocycles. The van der Waals surface area contributed by atoms with Gasteiger partial charge in [0.05, 0.1) is 17.8 Å². The number of ketones is 1. The lowest BCUT2D eigenvalue weighted by molar-refractivity contribution is -0.321. The number of halogens is 3. The summed E-state index contributed by atoms with van der Waals surface area (Å²) in [6.45, 7) is 2.70. The van der Waals surface area contributed by atoms with Crippen LogP contribution in [0.4, 0.5) is 13.2 Å². The monoisotopic (exact) mass is 511 g/mol. The number of rotatable bonds is 11. The Kier molecular flexibility index (Phi) is 8.66. The number of H-pyrrole nitrogens is 1. The van der Waals surface area contributed by atoms with E-state index in [-0.39, 0.29) is 30.4 Å². The zero-order valence-electron chi connectivity index (χ0n) is 19.8. The molecule has 196 valence electrons. The van der Waals surface area contributed by atoms with Gasteiger partial charge in [-0.1, -0.05) is 13.8 Å². The topological polar surface area (TPSA) is 142 Å². The van der Waals surface area contributed by atoms with E-state index < -0.39 is 48.6 Å². The third-order valence-electron chi connectivity index (χ3n) is 5.76. The van der Waals surface area contributed by atoms with E-state index >= 15 is 0 Å². The van der Waals surface area contributed by atoms with Crippen LogP contribution in [0.1, 0.15) is 43.6 Å². The Morgan fingerprint density at radius 3 is 2.58 bits per heavy atom. The maximum atomic E-state index is 13.1. The molecule has 3 atom stereocenters. The Balaban J connectivity index is 1.74. The summed E-state index contributed by atoms with van der Waals surface area (Å²) >= 11 is 0. The molecule has 2 aromatic rings. The van der Waals surface area contributed by atoms with E-state index in [0.717, 1.165) is 5.39 Å². The summed E-state index contributed by atoms with van der Waals surface area (Å²) in [4.78, 5) is 57.4. The number of ether oxygens (including phenoxy) is 1. The normalized spacial score (nSPS) is 17.6. The van der Waals surface area contributed by atoms with Gasteiger partial charge in [-0.15, -0.1) is 13.2 Å². The van der Waals surface area contributed by atoms with Crippen LogP contribution in [0.15, 0.2) is 24.5 Å². The first-order valence-electron chi connectivity index (χ1n) is 11.5. The minimum Gasteiger partial charge on any atom is -0.356 e. The highest BCUT2D eigenvalue weighted by Gasteiger charge is 2.36. The quantitative estimate of drug-likeness (QED) is 0.363. The zero-order valence-corrected chi connectivity index (χ0v) is 19.8. The standard InChI is InChI=1S/C23H28F3N5O5/c1-12(2)7-16(31-22(35)17-8-13-3-5-27-10-18(13)29-17)21(34)30-15(9-14-4-6-28-20(14)33)19(32)11-36-23(24,25)26/h3,5,8,10,12,14-16,29H,4,6-7,9,11H2,1-2H3,(H,28,33)(H,30,34)(H,31,35)/t14-,15-,16-/m0/s1. The number of amides is 3. The number of hydrogen-bond acceptors (Lipinski definition) is 6. The van der Waals surface area contributed by atoms with Gasteiger partial charge in [-0.25, -0.2) is 0 Å². The van der Waals surface area contributed by atoms with E-state index in [9.17, 15) is 32.3 Å². The van der Waals surface area contributed by atoms with Crippen LogP contribution in [0.3, 0.4) is 0 Å². The fraction of sp³-hybridized carbons (Fsp3) is 0.522. The molecular formula is C23H28F3N5O5. The second-order valence-corrected chi connectivity index (χ2v) is 9.08. The number of fused-ring (bicyclic) bond motifs is 1. The van der Waals surface area contributed by atoms with Crippen molar-refractivity contribution < 1.29 is 37.1 Å². The predicted molar refractivity (Wildman–Crippen MR) is 121 cm³/mol. The van der Waals surface area contributed by atoms with Crippen molar-refractivity contribution in [1.29, 1.82) is 0 Å². The van der Waals surface area contributed by atoms with Gasteiger partial charge in [0.25, 0.3) is 5.91 Å². The van der Waals surface area contributed by atoms with Crippen LogP contribution in [-0.4, -0.2) is 65.1 Å². The Morgan fingerprint density at radius 1 is 1.22 bits per heavy atom. The van der Waals surface area contributed by atoms with Crippen molar-refractivity contribution in [2.24, 2.45) is 11.8 Å². The Morgan fingerprint density at radius 2 is 1.97 bits per heavy atom. The SMILES string of the molecule is CC(C)C[C@H](NC(=O)c1cc2ccncc2[nH]1)C(=O)N[C@@H](C[C@@H]1CCNC1=O)C(=O)COC(F)(F)F. The summed E-state index contributed by atoms with van der Waals surface area (Å²) in [5, 5.41) is 8.39. The number of pyridine rings is 1. The fourth-order valence-electron chi connectivity index (χ4n) is 3.98. The van der Waals surface area contributed by atoms with Gasteiger partial charge in [0.2, 0.25) is 11.8 Å². The summed E-state index contributed by atoms with van der Waals surface area (Å²) in [5.74, 6) is -3.40. The van der Waals surface area contributed by atoms with Gasteiger partial charge in [0.1, 0.15) is 18.3 Å². The second kappa shape index (κ2) is 11.5. The van der Waals surface area contributed by atoms with Crippen LogP contribution in [0.2, 0.25) is 0 Å². The van der Waals surface area contributed by atoms with Gasteiger partial charge >= 0.3 is 6.36 Å². The third kappa shape index (κ3) is 7.51. The first kappa shape index (κ1) is 27.1. The number of carbonyl (C=O) groups is 4. The average molecular weight is 512 g/mol. The number of nitrogens with zero attached hydrogens (tertiary/aromatic N) is 1. The molecule has 0 aliphatic carbocycles. The molecule has 0 aromatic carbocycles. The molecule has 3 rings (SSSR count). The lowest BCUT2D eigenvalue weighted by Crippen LogP contribution is -2.53. The minimum atomic E-state index is -5.03. The molecule has 3 amide bonds. The number of aromatic amines is 1. The average Bonchev–Trinajstić information content (AvgIpc) is 3.41.